The standard InChI is InChI=1S/C21H24N4O4/c1-4-29-10-9-20(26)24-14-5-7-15(8-6-14)25-21-16-11-18(27-2)19(28-3)12-17(16)22-13-23-21/h5-8,11-13H,4,9-10H2,1-3H3,(H,24,26)(H,22,23,25). The largest absolute Gasteiger partial charge is 0.493 e. The molecule has 0 aliphatic heterocycles. The third-order valence-electron chi connectivity index (χ3n) is 4.25. The predicted molar refractivity (Wildman–Crippen MR) is 112 cm³/mol. The number of amides is 1. The van der Waals surface area contributed by atoms with E-state index in [-0.39, 0.29) is 5.91 Å². The molecule has 0 saturated heterocycles. The van der Waals surface area contributed by atoms with Gasteiger partial charge in [0.05, 0.1) is 32.8 Å². The Hall–Kier alpha value is -3.39. The van der Waals surface area contributed by atoms with Crippen LogP contribution in [0, 0.1) is 0 Å². The summed E-state index contributed by atoms with van der Waals surface area (Å²) in [5, 5.41) is 6.93. The molecular formula is C21H24N4O4. The van der Waals surface area contributed by atoms with Crippen LogP contribution in [0.1, 0.15) is 13.3 Å². The number of anilines is 3. The molecule has 8 nitrogen and oxygen atoms in total. The number of ether oxygens (including phenoxy) is 3. The minimum Gasteiger partial charge on any atom is -0.493 e. The number of rotatable bonds is 9. The molecule has 0 bridgehead atoms. The van der Waals surface area contributed by atoms with Crippen LogP contribution in [0.3, 0.4) is 0 Å². The number of nitrogens with zero attached hydrogens (tertiary/aromatic N) is 2. The molecule has 3 rings (SSSR count). The molecule has 3 aromatic rings. The zero-order valence-corrected chi connectivity index (χ0v) is 16.7. The quantitative estimate of drug-likeness (QED) is 0.532. The Morgan fingerprint density at radius 1 is 1.00 bits per heavy atom. The summed E-state index contributed by atoms with van der Waals surface area (Å²) in [4.78, 5) is 20.5. The first kappa shape index (κ1) is 20.3. The van der Waals surface area contributed by atoms with Crippen LogP contribution in [-0.4, -0.2) is 43.3 Å². The van der Waals surface area contributed by atoms with E-state index in [1.165, 1.54) is 6.33 Å². The number of benzene rings is 2. The Balaban J connectivity index is 1.74. The van der Waals surface area contributed by atoms with Crippen molar-refractivity contribution < 1.29 is 19.0 Å². The van der Waals surface area contributed by atoms with Crippen LogP contribution in [0.4, 0.5) is 17.2 Å². The maximum atomic E-state index is 11.9. The average molecular weight is 396 g/mol. The maximum absolute atomic E-state index is 11.9. The first-order chi connectivity index (χ1) is 14.1. The van der Waals surface area contributed by atoms with Crippen molar-refractivity contribution in [2.45, 2.75) is 13.3 Å². The van der Waals surface area contributed by atoms with E-state index in [0.29, 0.717) is 37.0 Å². The first-order valence-electron chi connectivity index (χ1n) is 9.26. The highest BCUT2D eigenvalue weighted by atomic mass is 16.5. The predicted octanol–water partition coefficient (Wildman–Crippen LogP) is 3.76. The SMILES string of the molecule is CCOCCC(=O)Nc1ccc(Nc2ncnc3cc(OC)c(OC)cc23)cc1. The van der Waals surface area contributed by atoms with Crippen molar-refractivity contribution in [1.82, 2.24) is 9.97 Å². The van der Waals surface area contributed by atoms with Gasteiger partial charge in [0.1, 0.15) is 12.1 Å². The second-order valence-corrected chi connectivity index (χ2v) is 6.14. The Morgan fingerprint density at radius 3 is 2.38 bits per heavy atom. The summed E-state index contributed by atoms with van der Waals surface area (Å²) in [7, 11) is 3.17. The van der Waals surface area contributed by atoms with E-state index in [2.05, 4.69) is 20.6 Å². The molecule has 8 heteroatoms. The van der Waals surface area contributed by atoms with Gasteiger partial charge in [-0.1, -0.05) is 0 Å². The number of hydrogen-bond acceptors (Lipinski definition) is 7. The summed E-state index contributed by atoms with van der Waals surface area (Å²) >= 11 is 0. The van der Waals surface area contributed by atoms with E-state index in [1.807, 2.05) is 43.3 Å². The number of nitrogens with one attached hydrogen (secondary N) is 2. The Morgan fingerprint density at radius 2 is 1.69 bits per heavy atom. The average Bonchev–Trinajstić information content (AvgIpc) is 2.74. The highest BCUT2D eigenvalue weighted by Crippen LogP contribution is 2.34. The van der Waals surface area contributed by atoms with E-state index in [4.69, 9.17) is 14.2 Å². The fraction of sp³-hybridized carbons (Fsp3) is 0.286. The van der Waals surface area contributed by atoms with Crippen molar-refractivity contribution >= 4 is 34.0 Å². The lowest BCUT2D eigenvalue weighted by Gasteiger charge is -2.12. The number of carbonyl (C=O) groups is 1. The molecule has 0 unspecified atom stereocenters. The lowest BCUT2D eigenvalue weighted by Crippen LogP contribution is -2.14. The Labute approximate surface area is 169 Å². The topological polar surface area (TPSA) is 94.6 Å². The minimum absolute atomic E-state index is 0.0815. The van der Waals surface area contributed by atoms with Crippen LogP contribution in [0.5, 0.6) is 11.5 Å². The smallest absolute Gasteiger partial charge is 0.226 e. The highest BCUT2D eigenvalue weighted by molar-refractivity contribution is 5.93. The van der Waals surface area contributed by atoms with E-state index >= 15 is 0 Å². The highest BCUT2D eigenvalue weighted by Gasteiger charge is 2.11. The second-order valence-electron chi connectivity index (χ2n) is 6.14. The van der Waals surface area contributed by atoms with Gasteiger partial charge in [-0.2, -0.15) is 0 Å². The van der Waals surface area contributed by atoms with Crippen molar-refractivity contribution in [3.8, 4) is 11.5 Å². The summed E-state index contributed by atoms with van der Waals surface area (Å²) in [5.74, 6) is 1.77. The third-order valence-corrected chi connectivity index (χ3v) is 4.25. The maximum Gasteiger partial charge on any atom is 0.226 e. The van der Waals surface area contributed by atoms with Crippen LogP contribution < -0.4 is 20.1 Å². The molecule has 0 aliphatic carbocycles. The van der Waals surface area contributed by atoms with Crippen LogP contribution in [-0.2, 0) is 9.53 Å². The van der Waals surface area contributed by atoms with Crippen LogP contribution >= 0.6 is 0 Å². The molecule has 2 aromatic carbocycles. The normalized spacial score (nSPS) is 10.6. The van der Waals surface area contributed by atoms with Gasteiger partial charge in [0.15, 0.2) is 11.5 Å². The zero-order chi connectivity index (χ0) is 20.6. The molecule has 29 heavy (non-hydrogen) atoms. The van der Waals surface area contributed by atoms with Gasteiger partial charge in [0.25, 0.3) is 0 Å². The molecule has 1 aromatic heterocycles. The molecule has 2 N–H and O–H groups in total. The van der Waals surface area contributed by atoms with Crippen molar-refractivity contribution in [3.63, 3.8) is 0 Å². The third kappa shape index (κ3) is 5.11. The van der Waals surface area contributed by atoms with E-state index in [9.17, 15) is 4.79 Å². The lowest BCUT2D eigenvalue weighted by molar-refractivity contribution is -0.117. The fourth-order valence-electron chi connectivity index (χ4n) is 2.79. The fourth-order valence-corrected chi connectivity index (χ4v) is 2.79. The number of fused-ring (bicyclic) bond motifs is 1. The van der Waals surface area contributed by atoms with E-state index in [1.54, 1.807) is 14.2 Å². The van der Waals surface area contributed by atoms with E-state index < -0.39 is 0 Å². The van der Waals surface area contributed by atoms with Crippen LogP contribution in [0.25, 0.3) is 10.9 Å². The van der Waals surface area contributed by atoms with Crippen molar-refractivity contribution in [1.29, 1.82) is 0 Å². The summed E-state index contributed by atoms with van der Waals surface area (Å²) in [6, 6.07) is 11.0. The van der Waals surface area contributed by atoms with Gasteiger partial charge < -0.3 is 24.8 Å². The van der Waals surface area contributed by atoms with Gasteiger partial charge in [0.2, 0.25) is 5.91 Å². The monoisotopic (exact) mass is 396 g/mol. The number of aromatic nitrogens is 2. The summed E-state index contributed by atoms with van der Waals surface area (Å²) in [6.07, 6.45) is 1.82. The lowest BCUT2D eigenvalue weighted by atomic mass is 10.2. The number of methoxy groups -OCH3 is 2. The molecule has 1 amide bonds. The molecule has 0 fully saturated rings. The van der Waals surface area contributed by atoms with Gasteiger partial charge >= 0.3 is 0 Å². The van der Waals surface area contributed by atoms with Crippen molar-refractivity contribution in [2.75, 3.05) is 38.1 Å². The Kier molecular flexibility index (Phi) is 6.80. The molecular weight excluding hydrogens is 372 g/mol. The molecule has 0 saturated carbocycles. The number of hydrogen-bond donors (Lipinski definition) is 2. The van der Waals surface area contributed by atoms with Gasteiger partial charge in [-0.05, 0) is 37.3 Å². The van der Waals surface area contributed by atoms with E-state index in [0.717, 1.165) is 22.3 Å². The first-order valence-corrected chi connectivity index (χ1v) is 9.26. The molecule has 0 spiro atoms. The molecule has 0 aliphatic rings. The molecule has 0 atom stereocenters. The minimum atomic E-state index is -0.0815. The summed E-state index contributed by atoms with van der Waals surface area (Å²) < 4.78 is 15.9. The summed E-state index contributed by atoms with van der Waals surface area (Å²) in [6.45, 7) is 2.91. The van der Waals surface area contributed by atoms with Gasteiger partial charge in [-0.3, -0.25) is 4.79 Å². The van der Waals surface area contributed by atoms with Crippen LogP contribution in [0.2, 0.25) is 0 Å². The second kappa shape index (κ2) is 9.70. The number of carbonyl (C=O) groups excluding carboxylic acids is 1. The van der Waals surface area contributed by atoms with Gasteiger partial charge in [-0.15, -0.1) is 0 Å². The molecule has 1 heterocycles. The summed E-state index contributed by atoms with van der Waals surface area (Å²) in [5.41, 5.74) is 2.28. The van der Waals surface area contributed by atoms with Gasteiger partial charge in [0, 0.05) is 29.4 Å². The molecule has 0 radical (unpaired) electrons. The van der Waals surface area contributed by atoms with Crippen molar-refractivity contribution in [3.05, 3.63) is 42.7 Å². The van der Waals surface area contributed by atoms with Crippen molar-refractivity contribution in [2.24, 2.45) is 0 Å². The van der Waals surface area contributed by atoms with Crippen LogP contribution in [0.15, 0.2) is 42.7 Å². The van der Waals surface area contributed by atoms with Gasteiger partial charge in [-0.25, -0.2) is 9.97 Å². The zero-order valence-electron chi connectivity index (χ0n) is 16.7. The molecule has 152 valence electrons. The Bertz CT molecular complexity index is 976.